The highest BCUT2D eigenvalue weighted by atomic mass is 16.5. The van der Waals surface area contributed by atoms with Crippen LogP contribution in [-0.2, 0) is 16.0 Å². The van der Waals surface area contributed by atoms with Crippen molar-refractivity contribution in [3.8, 4) is 11.5 Å². The molecular weight excluding hydrogens is 358 g/mol. The van der Waals surface area contributed by atoms with Crippen LogP contribution < -0.4 is 20.1 Å². The molecule has 7 heteroatoms. The first-order valence-corrected chi connectivity index (χ1v) is 9.03. The number of carbonyl (C=O) groups excluding carboxylic acids is 2. The Bertz CT molecular complexity index is 777. The fraction of sp³-hybridized carbons (Fsp3) is 0.333. The molecule has 0 aliphatic heterocycles. The van der Waals surface area contributed by atoms with Gasteiger partial charge in [-0.1, -0.05) is 18.2 Å². The van der Waals surface area contributed by atoms with Gasteiger partial charge in [0.2, 0.25) is 11.8 Å². The molecule has 0 spiro atoms. The van der Waals surface area contributed by atoms with E-state index in [4.69, 9.17) is 9.47 Å². The number of hydrogen-bond acceptors (Lipinski definition) is 5. The third-order valence-corrected chi connectivity index (χ3v) is 4.11. The number of para-hydroxylation sites is 1. The molecule has 150 valence electrons. The summed E-state index contributed by atoms with van der Waals surface area (Å²) < 4.78 is 10.4. The molecular formula is C21H27N3O4. The van der Waals surface area contributed by atoms with Crippen molar-refractivity contribution in [2.24, 2.45) is 0 Å². The van der Waals surface area contributed by atoms with Gasteiger partial charge in [-0.25, -0.2) is 0 Å². The highest BCUT2D eigenvalue weighted by Crippen LogP contribution is 2.17. The van der Waals surface area contributed by atoms with Crippen LogP contribution in [0, 0.1) is 0 Å². The minimum absolute atomic E-state index is 0.117. The van der Waals surface area contributed by atoms with E-state index in [2.05, 4.69) is 10.6 Å². The predicted octanol–water partition coefficient (Wildman–Crippen LogP) is 1.93. The Morgan fingerprint density at radius 2 is 1.61 bits per heavy atom. The van der Waals surface area contributed by atoms with E-state index < -0.39 is 0 Å². The summed E-state index contributed by atoms with van der Waals surface area (Å²) in [7, 11) is 4.95. The number of carbonyl (C=O) groups is 2. The fourth-order valence-corrected chi connectivity index (χ4v) is 2.72. The number of anilines is 1. The fourth-order valence-electron chi connectivity index (χ4n) is 2.72. The van der Waals surface area contributed by atoms with Crippen molar-refractivity contribution in [2.45, 2.75) is 6.42 Å². The number of nitrogens with one attached hydrogen (secondary N) is 2. The highest BCUT2D eigenvalue weighted by Gasteiger charge is 2.11. The van der Waals surface area contributed by atoms with Crippen molar-refractivity contribution in [3.05, 3.63) is 54.1 Å². The van der Waals surface area contributed by atoms with Crippen molar-refractivity contribution < 1.29 is 19.1 Å². The Morgan fingerprint density at radius 3 is 2.29 bits per heavy atom. The lowest BCUT2D eigenvalue weighted by Gasteiger charge is -2.16. The number of benzene rings is 2. The van der Waals surface area contributed by atoms with Gasteiger partial charge in [-0.05, 0) is 49.4 Å². The van der Waals surface area contributed by atoms with Crippen molar-refractivity contribution in [2.75, 3.05) is 46.2 Å². The molecule has 2 rings (SSSR count). The minimum Gasteiger partial charge on any atom is -0.497 e. The number of methoxy groups -OCH3 is 2. The average molecular weight is 385 g/mol. The lowest BCUT2D eigenvalue weighted by Crippen LogP contribution is -2.39. The zero-order valence-corrected chi connectivity index (χ0v) is 16.5. The van der Waals surface area contributed by atoms with Gasteiger partial charge in [0.1, 0.15) is 11.5 Å². The van der Waals surface area contributed by atoms with Crippen molar-refractivity contribution in [1.29, 1.82) is 0 Å². The largest absolute Gasteiger partial charge is 0.497 e. The number of rotatable bonds is 10. The molecule has 0 radical (unpaired) electrons. The van der Waals surface area contributed by atoms with Crippen LogP contribution >= 0.6 is 0 Å². The standard InChI is InChI=1S/C21H27N3O4/c1-24(15-21(26)23-17-8-10-18(27-2)11-9-17)14-20(25)22-13-12-16-6-4-5-7-19(16)28-3/h4-11H,12-15H2,1-3H3,(H,22,25)(H,23,26). The smallest absolute Gasteiger partial charge is 0.238 e. The van der Waals surface area contributed by atoms with Crippen LogP contribution in [0.15, 0.2) is 48.5 Å². The molecule has 0 heterocycles. The molecule has 0 aliphatic rings. The Kier molecular flexibility index (Phi) is 8.30. The van der Waals surface area contributed by atoms with Crippen LogP contribution in [0.2, 0.25) is 0 Å². The molecule has 2 amide bonds. The molecule has 0 atom stereocenters. The summed E-state index contributed by atoms with van der Waals surface area (Å²) in [6, 6.07) is 14.8. The summed E-state index contributed by atoms with van der Waals surface area (Å²) in [6.45, 7) is 0.763. The number of amides is 2. The Labute approximate surface area is 165 Å². The van der Waals surface area contributed by atoms with Gasteiger partial charge < -0.3 is 20.1 Å². The van der Waals surface area contributed by atoms with Gasteiger partial charge >= 0.3 is 0 Å². The van der Waals surface area contributed by atoms with Crippen LogP contribution in [0.5, 0.6) is 11.5 Å². The molecule has 0 fully saturated rings. The van der Waals surface area contributed by atoms with Gasteiger partial charge in [-0.2, -0.15) is 0 Å². The van der Waals surface area contributed by atoms with Gasteiger partial charge in [0, 0.05) is 12.2 Å². The Morgan fingerprint density at radius 1 is 0.929 bits per heavy atom. The van der Waals surface area contributed by atoms with E-state index in [9.17, 15) is 9.59 Å². The van der Waals surface area contributed by atoms with Crippen molar-refractivity contribution >= 4 is 17.5 Å². The van der Waals surface area contributed by atoms with Gasteiger partial charge in [-0.15, -0.1) is 0 Å². The quantitative estimate of drug-likeness (QED) is 0.653. The van der Waals surface area contributed by atoms with Crippen LogP contribution in [-0.4, -0.2) is 57.6 Å². The third kappa shape index (κ3) is 6.92. The maximum absolute atomic E-state index is 12.1. The first-order valence-electron chi connectivity index (χ1n) is 9.03. The number of hydrogen-bond donors (Lipinski definition) is 2. The van der Waals surface area contributed by atoms with E-state index in [0.717, 1.165) is 17.1 Å². The molecule has 0 saturated carbocycles. The van der Waals surface area contributed by atoms with Crippen LogP contribution in [0.3, 0.4) is 0 Å². The second-order valence-electron chi connectivity index (χ2n) is 6.36. The lowest BCUT2D eigenvalue weighted by atomic mass is 10.1. The first-order chi connectivity index (χ1) is 13.5. The predicted molar refractivity (Wildman–Crippen MR) is 109 cm³/mol. The summed E-state index contributed by atoms with van der Waals surface area (Å²) >= 11 is 0. The summed E-state index contributed by atoms with van der Waals surface area (Å²) in [5.74, 6) is 1.22. The maximum Gasteiger partial charge on any atom is 0.238 e. The molecule has 2 aromatic carbocycles. The zero-order valence-electron chi connectivity index (χ0n) is 16.5. The lowest BCUT2D eigenvalue weighted by molar-refractivity contribution is -0.122. The molecule has 0 aromatic heterocycles. The van der Waals surface area contributed by atoms with E-state index in [1.54, 1.807) is 50.4 Å². The summed E-state index contributed by atoms with van der Waals surface area (Å²) in [4.78, 5) is 25.8. The number of ether oxygens (including phenoxy) is 2. The van der Waals surface area contributed by atoms with E-state index in [1.165, 1.54) is 0 Å². The van der Waals surface area contributed by atoms with Crippen molar-refractivity contribution in [3.63, 3.8) is 0 Å². The van der Waals surface area contributed by atoms with Crippen LogP contribution in [0.4, 0.5) is 5.69 Å². The normalized spacial score (nSPS) is 10.4. The molecule has 0 unspecified atom stereocenters. The molecule has 2 aromatic rings. The molecule has 0 saturated heterocycles. The molecule has 0 aliphatic carbocycles. The molecule has 28 heavy (non-hydrogen) atoms. The van der Waals surface area contributed by atoms with E-state index in [1.807, 2.05) is 24.3 Å². The Hall–Kier alpha value is -3.06. The van der Waals surface area contributed by atoms with E-state index >= 15 is 0 Å². The van der Waals surface area contributed by atoms with Crippen molar-refractivity contribution in [1.82, 2.24) is 10.2 Å². The molecule has 2 N–H and O–H groups in total. The minimum atomic E-state index is -0.186. The Balaban J connectivity index is 1.70. The summed E-state index contributed by atoms with van der Waals surface area (Å²) in [5, 5.41) is 5.66. The molecule has 7 nitrogen and oxygen atoms in total. The summed E-state index contributed by atoms with van der Waals surface area (Å²) in [6.07, 6.45) is 0.678. The number of likely N-dealkylation sites (N-methyl/N-ethyl adjacent to an activating group) is 1. The third-order valence-electron chi connectivity index (χ3n) is 4.11. The summed E-state index contributed by atoms with van der Waals surface area (Å²) in [5.41, 5.74) is 1.72. The van der Waals surface area contributed by atoms with Gasteiger partial charge in [0.15, 0.2) is 0 Å². The topological polar surface area (TPSA) is 79.9 Å². The first kappa shape index (κ1) is 21.2. The second kappa shape index (κ2) is 10.9. The highest BCUT2D eigenvalue weighted by molar-refractivity contribution is 5.92. The van der Waals surface area contributed by atoms with Gasteiger partial charge in [0.05, 0.1) is 27.3 Å². The SMILES string of the molecule is COc1ccc(NC(=O)CN(C)CC(=O)NCCc2ccccc2OC)cc1. The monoisotopic (exact) mass is 385 g/mol. The number of nitrogens with zero attached hydrogens (tertiary/aromatic N) is 1. The van der Waals surface area contributed by atoms with Gasteiger partial charge in [-0.3, -0.25) is 14.5 Å². The van der Waals surface area contributed by atoms with Crippen LogP contribution in [0.1, 0.15) is 5.56 Å². The van der Waals surface area contributed by atoms with Crippen LogP contribution in [0.25, 0.3) is 0 Å². The second-order valence-corrected chi connectivity index (χ2v) is 6.36. The zero-order chi connectivity index (χ0) is 20.4. The average Bonchev–Trinajstić information content (AvgIpc) is 2.68. The van der Waals surface area contributed by atoms with Gasteiger partial charge in [0.25, 0.3) is 0 Å². The molecule has 0 bridgehead atoms. The van der Waals surface area contributed by atoms with E-state index in [-0.39, 0.29) is 24.9 Å². The van der Waals surface area contributed by atoms with E-state index in [0.29, 0.717) is 18.7 Å². The maximum atomic E-state index is 12.1.